The Morgan fingerprint density at radius 3 is 2.43 bits per heavy atom. The lowest BCUT2D eigenvalue weighted by molar-refractivity contribution is -0.138. The Bertz CT molecular complexity index is 205. The van der Waals surface area contributed by atoms with Gasteiger partial charge < -0.3 is 15.2 Å². The van der Waals surface area contributed by atoms with Gasteiger partial charge in [-0.15, -0.1) is 0 Å². The molecule has 0 heterocycles. The molecule has 1 amide bonds. The third-order valence-electron chi connectivity index (χ3n) is 1.92. The van der Waals surface area contributed by atoms with Gasteiger partial charge in [0.25, 0.3) is 0 Å². The Balaban J connectivity index is 4.16. The Labute approximate surface area is 83.4 Å². The number of aliphatic carboxylic acids is 1. The van der Waals surface area contributed by atoms with Crippen molar-refractivity contribution in [3.63, 3.8) is 0 Å². The standard InChI is InChI=1S/C9H17NO4/c1-6(4-9(12)13)8(5-14-3)10-7(2)11/h6,8H,4-5H2,1-3H3,(H,10,11)(H,12,13)/t6-,8-/m0/s1. The second kappa shape index (κ2) is 6.37. The first kappa shape index (κ1) is 12.9. The molecule has 2 N–H and O–H groups in total. The molecule has 0 rings (SSSR count). The van der Waals surface area contributed by atoms with Crippen LogP contribution in [0.25, 0.3) is 0 Å². The summed E-state index contributed by atoms with van der Waals surface area (Å²) in [5, 5.41) is 11.2. The van der Waals surface area contributed by atoms with Crippen LogP contribution in [0.2, 0.25) is 0 Å². The van der Waals surface area contributed by atoms with E-state index in [1.54, 1.807) is 6.92 Å². The summed E-state index contributed by atoms with van der Waals surface area (Å²) in [6.07, 6.45) is 0.0221. The van der Waals surface area contributed by atoms with Gasteiger partial charge in [-0.2, -0.15) is 0 Å². The maximum absolute atomic E-state index is 10.8. The quantitative estimate of drug-likeness (QED) is 0.648. The van der Waals surface area contributed by atoms with E-state index < -0.39 is 5.97 Å². The highest BCUT2D eigenvalue weighted by atomic mass is 16.5. The van der Waals surface area contributed by atoms with E-state index in [4.69, 9.17) is 9.84 Å². The number of rotatable bonds is 6. The summed E-state index contributed by atoms with van der Waals surface area (Å²) in [6.45, 7) is 3.50. The van der Waals surface area contributed by atoms with Crippen molar-refractivity contribution in [3.8, 4) is 0 Å². The fraction of sp³-hybridized carbons (Fsp3) is 0.778. The van der Waals surface area contributed by atoms with Gasteiger partial charge in [0.15, 0.2) is 0 Å². The van der Waals surface area contributed by atoms with Gasteiger partial charge in [0, 0.05) is 20.5 Å². The SMILES string of the molecule is COC[C@H](NC(C)=O)[C@@H](C)CC(=O)O. The number of hydrogen-bond donors (Lipinski definition) is 2. The second-order valence-electron chi connectivity index (χ2n) is 3.34. The molecule has 5 heteroatoms. The molecule has 0 aliphatic rings. The number of methoxy groups -OCH3 is 1. The van der Waals surface area contributed by atoms with Crippen molar-refractivity contribution < 1.29 is 19.4 Å². The Hall–Kier alpha value is -1.10. The van der Waals surface area contributed by atoms with E-state index in [2.05, 4.69) is 5.32 Å². The molecule has 0 saturated heterocycles. The summed E-state index contributed by atoms with van der Waals surface area (Å²) in [6, 6.07) is -0.242. The van der Waals surface area contributed by atoms with Gasteiger partial charge in [-0.1, -0.05) is 6.92 Å². The average Bonchev–Trinajstić information content (AvgIpc) is 2.01. The van der Waals surface area contributed by atoms with Crippen LogP contribution in [0.15, 0.2) is 0 Å². The first-order valence-corrected chi connectivity index (χ1v) is 4.45. The highest BCUT2D eigenvalue weighted by Crippen LogP contribution is 2.08. The monoisotopic (exact) mass is 203 g/mol. The Morgan fingerprint density at radius 2 is 2.07 bits per heavy atom. The average molecular weight is 203 g/mol. The van der Waals surface area contributed by atoms with Crippen molar-refractivity contribution in [3.05, 3.63) is 0 Å². The molecule has 14 heavy (non-hydrogen) atoms. The van der Waals surface area contributed by atoms with Crippen LogP contribution in [0, 0.1) is 5.92 Å². The molecule has 0 spiro atoms. The number of carbonyl (C=O) groups is 2. The molecule has 5 nitrogen and oxygen atoms in total. The van der Waals surface area contributed by atoms with Crippen molar-refractivity contribution in [1.82, 2.24) is 5.32 Å². The predicted octanol–water partition coefficient (Wildman–Crippen LogP) is 0.248. The van der Waals surface area contributed by atoms with Crippen LogP contribution >= 0.6 is 0 Å². The zero-order chi connectivity index (χ0) is 11.1. The van der Waals surface area contributed by atoms with Gasteiger partial charge in [0.2, 0.25) is 5.91 Å². The third kappa shape index (κ3) is 5.53. The van der Waals surface area contributed by atoms with E-state index >= 15 is 0 Å². The minimum atomic E-state index is -0.871. The summed E-state index contributed by atoms with van der Waals surface area (Å²) in [5.74, 6) is -1.19. The minimum absolute atomic E-state index is 0.0221. The minimum Gasteiger partial charge on any atom is -0.481 e. The van der Waals surface area contributed by atoms with Crippen LogP contribution in [-0.4, -0.2) is 36.7 Å². The molecule has 0 aliphatic heterocycles. The van der Waals surface area contributed by atoms with Crippen LogP contribution in [0.5, 0.6) is 0 Å². The highest BCUT2D eigenvalue weighted by molar-refractivity contribution is 5.73. The Morgan fingerprint density at radius 1 is 1.50 bits per heavy atom. The molecule has 0 fully saturated rings. The van der Waals surface area contributed by atoms with Crippen molar-refractivity contribution in [2.75, 3.05) is 13.7 Å². The number of nitrogens with one attached hydrogen (secondary N) is 1. The van der Waals surface area contributed by atoms with Crippen LogP contribution in [-0.2, 0) is 14.3 Å². The Kier molecular flexibility index (Phi) is 5.87. The zero-order valence-corrected chi connectivity index (χ0v) is 8.74. The second-order valence-corrected chi connectivity index (χ2v) is 3.34. The maximum atomic E-state index is 10.8. The van der Waals surface area contributed by atoms with E-state index in [0.717, 1.165) is 0 Å². The summed E-state index contributed by atoms with van der Waals surface area (Å²) in [5.41, 5.74) is 0. The molecule has 0 unspecified atom stereocenters. The van der Waals surface area contributed by atoms with Crippen LogP contribution in [0.3, 0.4) is 0 Å². The molecule has 0 bridgehead atoms. The number of carboxylic acids is 1. The van der Waals surface area contributed by atoms with Crippen molar-refractivity contribution in [2.24, 2.45) is 5.92 Å². The van der Waals surface area contributed by atoms with Crippen LogP contribution in [0.4, 0.5) is 0 Å². The van der Waals surface area contributed by atoms with E-state index in [1.165, 1.54) is 14.0 Å². The molecule has 0 aromatic carbocycles. The smallest absolute Gasteiger partial charge is 0.303 e. The molecule has 82 valence electrons. The first-order chi connectivity index (χ1) is 6.47. The summed E-state index contributed by atoms with van der Waals surface area (Å²) in [4.78, 5) is 21.3. The van der Waals surface area contributed by atoms with E-state index in [-0.39, 0.29) is 24.3 Å². The molecule has 2 atom stereocenters. The molecule has 0 radical (unpaired) electrons. The number of amides is 1. The molecule has 0 aromatic rings. The van der Waals surface area contributed by atoms with Crippen LogP contribution in [0.1, 0.15) is 20.3 Å². The number of ether oxygens (including phenoxy) is 1. The fourth-order valence-electron chi connectivity index (χ4n) is 1.21. The van der Waals surface area contributed by atoms with Crippen molar-refractivity contribution in [1.29, 1.82) is 0 Å². The first-order valence-electron chi connectivity index (χ1n) is 4.45. The van der Waals surface area contributed by atoms with E-state index in [9.17, 15) is 9.59 Å². The molecule has 0 saturated carbocycles. The molecule has 0 aliphatic carbocycles. The normalized spacial score (nSPS) is 14.5. The van der Waals surface area contributed by atoms with Gasteiger partial charge >= 0.3 is 5.97 Å². The maximum Gasteiger partial charge on any atom is 0.303 e. The lowest BCUT2D eigenvalue weighted by Crippen LogP contribution is -2.42. The lowest BCUT2D eigenvalue weighted by atomic mass is 9.99. The van der Waals surface area contributed by atoms with Crippen molar-refractivity contribution in [2.45, 2.75) is 26.3 Å². The highest BCUT2D eigenvalue weighted by Gasteiger charge is 2.20. The van der Waals surface area contributed by atoms with Gasteiger partial charge in [-0.25, -0.2) is 0 Å². The van der Waals surface area contributed by atoms with Gasteiger partial charge in [0.05, 0.1) is 12.6 Å². The summed E-state index contributed by atoms with van der Waals surface area (Å²) in [7, 11) is 1.52. The number of carboxylic acid groups (broad SMARTS) is 1. The van der Waals surface area contributed by atoms with E-state index in [1.807, 2.05) is 0 Å². The van der Waals surface area contributed by atoms with Gasteiger partial charge in [0.1, 0.15) is 0 Å². The largest absolute Gasteiger partial charge is 0.481 e. The predicted molar refractivity (Wildman–Crippen MR) is 50.9 cm³/mol. The molecule has 0 aromatic heterocycles. The topological polar surface area (TPSA) is 75.6 Å². The van der Waals surface area contributed by atoms with Gasteiger partial charge in [-0.3, -0.25) is 9.59 Å². The van der Waals surface area contributed by atoms with E-state index in [0.29, 0.717) is 6.61 Å². The van der Waals surface area contributed by atoms with Gasteiger partial charge in [-0.05, 0) is 5.92 Å². The fourth-order valence-corrected chi connectivity index (χ4v) is 1.21. The summed E-state index contributed by atoms with van der Waals surface area (Å²) >= 11 is 0. The number of hydrogen-bond acceptors (Lipinski definition) is 3. The third-order valence-corrected chi connectivity index (χ3v) is 1.92. The van der Waals surface area contributed by atoms with Crippen LogP contribution < -0.4 is 5.32 Å². The summed E-state index contributed by atoms with van der Waals surface area (Å²) < 4.78 is 4.90. The van der Waals surface area contributed by atoms with Crippen molar-refractivity contribution >= 4 is 11.9 Å². The zero-order valence-electron chi connectivity index (χ0n) is 8.74. The number of carbonyl (C=O) groups excluding carboxylic acids is 1. The molecular weight excluding hydrogens is 186 g/mol. The molecular formula is C9H17NO4. The lowest BCUT2D eigenvalue weighted by Gasteiger charge is -2.22.